The summed E-state index contributed by atoms with van der Waals surface area (Å²) < 4.78 is 31.6. The van der Waals surface area contributed by atoms with Crippen LogP contribution in [-0.4, -0.2) is 92.2 Å². The molecule has 0 unspecified atom stereocenters. The lowest BCUT2D eigenvalue weighted by Gasteiger charge is -2.19. The number of amides is 1. The smallest absolute Gasteiger partial charge is 0.305 e. The third-order valence-electron chi connectivity index (χ3n) is 6.35. The number of aromatic nitrogens is 4. The number of fused-ring (bicyclic) bond motifs is 1. The Balaban J connectivity index is 1.25. The zero-order valence-electron chi connectivity index (χ0n) is 24.1. The maximum Gasteiger partial charge on any atom is 0.305 e. The quantitative estimate of drug-likeness (QED) is 0.118. The molecule has 2 heterocycles. The van der Waals surface area contributed by atoms with Crippen LogP contribution in [0.2, 0.25) is 0 Å². The van der Waals surface area contributed by atoms with Crippen LogP contribution in [0.15, 0.2) is 54.7 Å². The minimum Gasteiger partial charge on any atom is -0.505 e. The lowest BCUT2D eigenvalue weighted by Crippen LogP contribution is -2.42. The highest BCUT2D eigenvalue weighted by Crippen LogP contribution is 2.24. The molecule has 45 heavy (non-hydrogen) atoms. The lowest BCUT2D eigenvalue weighted by atomic mass is 10.1. The van der Waals surface area contributed by atoms with Crippen LogP contribution in [0, 0.1) is 5.82 Å². The number of phenolic OH excluding ortho intramolecular Hbond substituents is 1. The zero-order valence-corrected chi connectivity index (χ0v) is 24.1. The van der Waals surface area contributed by atoms with E-state index in [1.165, 1.54) is 16.8 Å². The van der Waals surface area contributed by atoms with Crippen molar-refractivity contribution in [3.63, 3.8) is 0 Å². The molecule has 1 amide bonds. The Morgan fingerprint density at radius 2 is 1.62 bits per heavy atom. The van der Waals surface area contributed by atoms with Gasteiger partial charge in [0.1, 0.15) is 11.4 Å². The molecule has 0 bridgehead atoms. The van der Waals surface area contributed by atoms with Crippen LogP contribution in [0.4, 0.5) is 4.39 Å². The average molecular weight is 626 g/mol. The fourth-order valence-corrected chi connectivity index (χ4v) is 4.11. The van der Waals surface area contributed by atoms with Crippen LogP contribution in [-0.2, 0) is 23.9 Å². The number of aliphatic carboxylic acids is 2. The number of aromatic hydroxyl groups is 1. The SMILES string of the molecule is O=C(O)CCOCC(COCCC(=O)O)NC(=O)CCCOc1ccc2nc(-c3cn(-c4ccc(O)c(F)c4)nn3)ccc2c1. The summed E-state index contributed by atoms with van der Waals surface area (Å²) in [5.41, 5.74) is 2.12. The molecule has 0 saturated heterocycles. The predicted molar refractivity (Wildman–Crippen MR) is 157 cm³/mol. The van der Waals surface area contributed by atoms with E-state index in [0.29, 0.717) is 34.8 Å². The number of hydrogen-bond acceptors (Lipinski definition) is 10. The molecule has 4 aromatic rings. The second kappa shape index (κ2) is 16.1. The Morgan fingerprint density at radius 1 is 0.889 bits per heavy atom. The summed E-state index contributed by atoms with van der Waals surface area (Å²) in [6.45, 7) is 0.245. The number of halogens is 1. The number of pyridine rings is 1. The van der Waals surface area contributed by atoms with Crippen molar-refractivity contribution in [1.82, 2.24) is 25.3 Å². The number of nitrogens with zero attached hydrogens (tertiary/aromatic N) is 4. The number of phenols is 1. The summed E-state index contributed by atoms with van der Waals surface area (Å²) in [7, 11) is 0. The first-order chi connectivity index (χ1) is 21.7. The number of carboxylic acids is 2. The van der Waals surface area contributed by atoms with Crippen molar-refractivity contribution < 1.29 is 48.3 Å². The lowest BCUT2D eigenvalue weighted by molar-refractivity contribution is -0.139. The molecule has 0 fully saturated rings. The van der Waals surface area contributed by atoms with Crippen LogP contribution in [0.1, 0.15) is 25.7 Å². The van der Waals surface area contributed by atoms with E-state index in [-0.39, 0.29) is 58.2 Å². The van der Waals surface area contributed by atoms with Crippen LogP contribution in [0.3, 0.4) is 0 Å². The molecule has 2 aromatic heterocycles. The highest BCUT2D eigenvalue weighted by atomic mass is 19.1. The molecule has 2 aromatic carbocycles. The first-order valence-corrected chi connectivity index (χ1v) is 14.0. The van der Waals surface area contributed by atoms with Crippen molar-refractivity contribution >= 4 is 28.7 Å². The number of carbonyl (C=O) groups excluding carboxylic acids is 1. The Bertz CT molecular complexity index is 1610. The van der Waals surface area contributed by atoms with Gasteiger partial charge in [-0.05, 0) is 42.8 Å². The third-order valence-corrected chi connectivity index (χ3v) is 6.35. The van der Waals surface area contributed by atoms with Crippen molar-refractivity contribution in [2.24, 2.45) is 0 Å². The number of ether oxygens (including phenoxy) is 3. The normalized spacial score (nSPS) is 11.2. The topological polar surface area (TPSA) is 195 Å². The van der Waals surface area contributed by atoms with Crippen molar-refractivity contribution in [1.29, 1.82) is 0 Å². The Labute approximate surface area is 256 Å². The molecule has 0 spiro atoms. The second-order valence-electron chi connectivity index (χ2n) is 9.89. The van der Waals surface area contributed by atoms with Crippen LogP contribution >= 0.6 is 0 Å². The van der Waals surface area contributed by atoms with Crippen molar-refractivity contribution in [2.45, 2.75) is 31.7 Å². The highest BCUT2D eigenvalue weighted by molar-refractivity contribution is 5.82. The monoisotopic (exact) mass is 625 g/mol. The summed E-state index contributed by atoms with van der Waals surface area (Å²) in [4.78, 5) is 38.4. The molecular formula is C30H32FN5O9. The van der Waals surface area contributed by atoms with Crippen molar-refractivity contribution in [3.05, 3.63) is 60.5 Å². The summed E-state index contributed by atoms with van der Waals surface area (Å²) in [5.74, 6) is -2.92. The van der Waals surface area contributed by atoms with Gasteiger partial charge in [0, 0.05) is 17.9 Å². The zero-order chi connectivity index (χ0) is 32.2. The molecule has 15 heteroatoms. The molecule has 0 aliphatic carbocycles. The van der Waals surface area contributed by atoms with Gasteiger partial charge in [-0.3, -0.25) is 14.4 Å². The van der Waals surface area contributed by atoms with E-state index in [0.717, 1.165) is 11.5 Å². The first kappa shape index (κ1) is 32.8. The van der Waals surface area contributed by atoms with Gasteiger partial charge in [-0.1, -0.05) is 11.3 Å². The number of benzene rings is 2. The van der Waals surface area contributed by atoms with Gasteiger partial charge in [0.15, 0.2) is 11.6 Å². The van der Waals surface area contributed by atoms with E-state index >= 15 is 0 Å². The number of carbonyl (C=O) groups is 3. The van der Waals surface area contributed by atoms with Gasteiger partial charge in [0.2, 0.25) is 5.91 Å². The Hall–Kier alpha value is -5.15. The number of rotatable bonds is 18. The predicted octanol–water partition coefficient (Wildman–Crippen LogP) is 2.95. The van der Waals surface area contributed by atoms with Crippen LogP contribution in [0.25, 0.3) is 28.0 Å². The van der Waals surface area contributed by atoms with E-state index in [1.807, 2.05) is 12.1 Å². The minimum atomic E-state index is -1.01. The average Bonchev–Trinajstić information content (AvgIpc) is 3.51. The fourth-order valence-electron chi connectivity index (χ4n) is 4.11. The molecule has 14 nitrogen and oxygen atoms in total. The van der Waals surface area contributed by atoms with Crippen molar-refractivity contribution in [2.75, 3.05) is 33.0 Å². The van der Waals surface area contributed by atoms with Crippen LogP contribution < -0.4 is 10.1 Å². The second-order valence-corrected chi connectivity index (χ2v) is 9.89. The molecule has 0 aliphatic heterocycles. The van der Waals surface area contributed by atoms with Gasteiger partial charge in [0.25, 0.3) is 0 Å². The molecule has 0 atom stereocenters. The summed E-state index contributed by atoms with van der Waals surface area (Å²) >= 11 is 0. The molecule has 0 saturated carbocycles. The summed E-state index contributed by atoms with van der Waals surface area (Å²) in [5, 5.41) is 38.6. The molecule has 238 valence electrons. The molecule has 0 radical (unpaired) electrons. The minimum absolute atomic E-state index is 0.0201. The van der Waals surface area contributed by atoms with Gasteiger partial charge < -0.3 is 34.8 Å². The number of nitrogens with one attached hydrogen (secondary N) is 1. The van der Waals surface area contributed by atoms with E-state index in [1.54, 1.807) is 24.4 Å². The van der Waals surface area contributed by atoms with Gasteiger partial charge in [-0.15, -0.1) is 5.10 Å². The van der Waals surface area contributed by atoms with Crippen LogP contribution in [0.5, 0.6) is 11.5 Å². The summed E-state index contributed by atoms with van der Waals surface area (Å²) in [6.07, 6.45) is 1.80. The Kier molecular flexibility index (Phi) is 11.7. The van der Waals surface area contributed by atoms with Gasteiger partial charge in [-0.2, -0.15) is 0 Å². The van der Waals surface area contributed by atoms with Gasteiger partial charge in [0.05, 0.1) is 75.0 Å². The molecule has 4 N–H and O–H groups in total. The maximum atomic E-state index is 13.7. The third kappa shape index (κ3) is 10.2. The molecule has 0 aliphatic rings. The fraction of sp³-hybridized carbons (Fsp3) is 0.333. The maximum absolute atomic E-state index is 13.7. The standard InChI is InChI=1S/C30H32FN5O9/c31-23-15-21(4-8-27(23)37)36-16-26(34-35-36)25-6-3-19-14-22(5-7-24(19)33-25)45-11-1-2-28(38)32-20(17-43-12-9-29(39)40)18-44-13-10-30(41)42/h3-8,14-16,20,37H,1-2,9-13,17-18H2,(H,32,38)(H,39,40)(H,41,42). The molecule has 4 rings (SSSR count). The van der Waals surface area contributed by atoms with Gasteiger partial charge in [-0.25, -0.2) is 14.1 Å². The Morgan fingerprint density at radius 3 is 2.31 bits per heavy atom. The van der Waals surface area contributed by atoms with E-state index in [2.05, 4.69) is 20.6 Å². The van der Waals surface area contributed by atoms with E-state index in [9.17, 15) is 23.9 Å². The highest BCUT2D eigenvalue weighted by Gasteiger charge is 2.15. The largest absolute Gasteiger partial charge is 0.505 e. The molecular weight excluding hydrogens is 593 g/mol. The van der Waals surface area contributed by atoms with Gasteiger partial charge >= 0.3 is 11.9 Å². The number of hydrogen-bond donors (Lipinski definition) is 4. The van der Waals surface area contributed by atoms with Crippen molar-refractivity contribution in [3.8, 4) is 28.6 Å². The first-order valence-electron chi connectivity index (χ1n) is 14.0. The number of carboxylic acid groups (broad SMARTS) is 2. The van der Waals surface area contributed by atoms with E-state index < -0.39 is 29.5 Å². The van der Waals surface area contributed by atoms with E-state index in [4.69, 9.17) is 24.4 Å². The summed E-state index contributed by atoms with van der Waals surface area (Å²) in [6, 6.07) is 12.3.